The van der Waals surface area contributed by atoms with E-state index >= 15 is 0 Å². The second kappa shape index (κ2) is 19.6. The Morgan fingerprint density at radius 3 is 1.77 bits per heavy atom. The number of rotatable bonds is 20. The summed E-state index contributed by atoms with van der Waals surface area (Å²) in [5.74, 6) is -1.83. The molecule has 2 saturated heterocycles. The van der Waals surface area contributed by atoms with Crippen LogP contribution < -0.4 is 21.3 Å². The first-order chi connectivity index (χ1) is 24.8. The molecule has 12 heteroatoms. The van der Waals surface area contributed by atoms with Crippen LogP contribution in [0, 0.1) is 11.8 Å². The van der Waals surface area contributed by atoms with E-state index in [0.29, 0.717) is 58.6 Å². The number of nitrogens with zero attached hydrogens (tertiary/aromatic N) is 1. The molecule has 52 heavy (non-hydrogen) atoms. The van der Waals surface area contributed by atoms with Crippen LogP contribution >= 0.6 is 0 Å². The van der Waals surface area contributed by atoms with Gasteiger partial charge in [-0.05, 0) is 55.6 Å². The molecule has 12 nitrogen and oxygen atoms in total. The van der Waals surface area contributed by atoms with Crippen LogP contribution in [0.1, 0.15) is 65.0 Å². The molecule has 2 aliphatic heterocycles. The largest absolute Gasteiger partial charge is 0.379 e. The number of nitrogens with one attached hydrogen (secondary N) is 4. The van der Waals surface area contributed by atoms with E-state index in [1.54, 1.807) is 6.92 Å². The van der Waals surface area contributed by atoms with Gasteiger partial charge < -0.3 is 30.7 Å². The van der Waals surface area contributed by atoms with E-state index in [9.17, 15) is 24.0 Å². The average Bonchev–Trinajstić information content (AvgIpc) is 3.87. The number of epoxide rings is 1. The number of Topliss-reactive ketones (excluding diaryl/α,β-unsaturated/α-hetero) is 1. The first-order valence-electron chi connectivity index (χ1n) is 18.6. The van der Waals surface area contributed by atoms with Gasteiger partial charge in [-0.1, -0.05) is 88.4 Å². The third kappa shape index (κ3) is 13.1. The van der Waals surface area contributed by atoms with Crippen LogP contribution in [0.15, 0.2) is 60.7 Å². The molecule has 5 atom stereocenters. The van der Waals surface area contributed by atoms with Gasteiger partial charge in [0, 0.05) is 19.5 Å². The lowest BCUT2D eigenvalue weighted by Crippen LogP contribution is -2.59. The maximum atomic E-state index is 14.1. The summed E-state index contributed by atoms with van der Waals surface area (Å²) < 4.78 is 10.8. The van der Waals surface area contributed by atoms with Crippen LogP contribution in [0.2, 0.25) is 0 Å². The molecule has 0 saturated carbocycles. The minimum absolute atomic E-state index is 0.0171. The second-order valence-electron chi connectivity index (χ2n) is 15.0. The van der Waals surface area contributed by atoms with Crippen molar-refractivity contribution in [2.75, 3.05) is 39.5 Å². The van der Waals surface area contributed by atoms with E-state index in [1.807, 2.05) is 93.3 Å². The maximum absolute atomic E-state index is 14.1. The van der Waals surface area contributed by atoms with Gasteiger partial charge in [0.05, 0.1) is 32.4 Å². The Morgan fingerprint density at radius 2 is 1.19 bits per heavy atom. The molecule has 4 rings (SSSR count). The first kappa shape index (κ1) is 40.6. The van der Waals surface area contributed by atoms with Gasteiger partial charge in [-0.3, -0.25) is 28.9 Å². The zero-order chi connectivity index (χ0) is 37.7. The highest BCUT2D eigenvalue weighted by Gasteiger charge is 2.50. The van der Waals surface area contributed by atoms with Crippen LogP contribution in [0.3, 0.4) is 0 Å². The predicted molar refractivity (Wildman–Crippen MR) is 198 cm³/mol. The fourth-order valence-electron chi connectivity index (χ4n) is 6.33. The fourth-order valence-corrected chi connectivity index (χ4v) is 6.33. The number of carbonyl (C=O) groups excluding carboxylic acids is 5. The number of amides is 4. The van der Waals surface area contributed by atoms with E-state index in [4.69, 9.17) is 9.47 Å². The van der Waals surface area contributed by atoms with Gasteiger partial charge >= 0.3 is 0 Å². The summed E-state index contributed by atoms with van der Waals surface area (Å²) in [6, 6.07) is 15.3. The highest BCUT2D eigenvalue weighted by Crippen LogP contribution is 2.29. The Hall–Kier alpha value is -4.13. The smallest absolute Gasteiger partial charge is 0.243 e. The number of morpholine rings is 1. The highest BCUT2D eigenvalue weighted by molar-refractivity contribution is 5.98. The summed E-state index contributed by atoms with van der Waals surface area (Å²) in [5, 5.41) is 11.7. The van der Waals surface area contributed by atoms with Gasteiger partial charge in [-0.15, -0.1) is 0 Å². The van der Waals surface area contributed by atoms with Crippen LogP contribution in [-0.2, 0) is 46.3 Å². The Bertz CT molecular complexity index is 1480. The van der Waals surface area contributed by atoms with Crippen molar-refractivity contribution in [1.82, 2.24) is 26.2 Å². The van der Waals surface area contributed by atoms with Crippen LogP contribution in [0.5, 0.6) is 0 Å². The molecule has 0 aromatic heterocycles. The highest BCUT2D eigenvalue weighted by atomic mass is 16.6. The summed E-state index contributed by atoms with van der Waals surface area (Å²) >= 11 is 0. The van der Waals surface area contributed by atoms with Gasteiger partial charge in [-0.2, -0.15) is 0 Å². The summed E-state index contributed by atoms with van der Waals surface area (Å²) in [6.07, 6.45) is 1.76. The quantitative estimate of drug-likeness (QED) is 0.152. The fraction of sp³-hybridized carbons (Fsp3) is 0.575. The maximum Gasteiger partial charge on any atom is 0.243 e. The van der Waals surface area contributed by atoms with Gasteiger partial charge in [-0.25, -0.2) is 0 Å². The van der Waals surface area contributed by atoms with Crippen LogP contribution in [0.4, 0.5) is 0 Å². The second-order valence-corrected chi connectivity index (χ2v) is 15.0. The molecule has 0 unspecified atom stereocenters. The molecule has 284 valence electrons. The molecule has 2 heterocycles. The van der Waals surface area contributed by atoms with Crippen molar-refractivity contribution in [3.05, 3.63) is 71.8 Å². The standard InChI is InChI=1S/C40H57N5O7/c1-27(2)22-32(36(47)40(5)26-52-40)42-39(50)34(24-30-14-10-7-11-15-30)44-38(49)33(23-28(3)4)43-37(48)31(17-16-29-12-8-6-9-13-29)41-35(46)25-45-18-20-51-21-19-45/h6-15,27-28,31-34H,16-26H2,1-5H3,(H,41,46)(H,42,50)(H,43,48)(H,44,49)/t31-,32+,33+,34+,40-/m1/s1. The summed E-state index contributed by atoms with van der Waals surface area (Å²) in [6.45, 7) is 12.3. The van der Waals surface area contributed by atoms with E-state index in [1.165, 1.54) is 0 Å². The normalized spacial score (nSPS) is 19.6. The van der Waals surface area contributed by atoms with Crippen molar-refractivity contribution in [3.63, 3.8) is 0 Å². The molecule has 2 aromatic rings. The van der Waals surface area contributed by atoms with Crippen molar-refractivity contribution in [3.8, 4) is 0 Å². The zero-order valence-electron chi connectivity index (χ0n) is 31.3. The van der Waals surface area contributed by atoms with E-state index < -0.39 is 47.5 Å². The molecular formula is C40H57N5O7. The predicted octanol–water partition coefficient (Wildman–Crippen LogP) is 2.58. The Morgan fingerprint density at radius 1 is 0.692 bits per heavy atom. The number of carbonyl (C=O) groups is 5. The minimum Gasteiger partial charge on any atom is -0.379 e. The lowest BCUT2D eigenvalue weighted by Gasteiger charge is -2.29. The van der Waals surface area contributed by atoms with Crippen molar-refractivity contribution >= 4 is 29.4 Å². The molecule has 4 amide bonds. The molecule has 0 aliphatic carbocycles. The SMILES string of the molecule is CC(C)C[C@H](NC(=O)[C@@H](CCc1ccccc1)NC(=O)CN1CCOCC1)C(=O)N[C@@H](Cc1ccccc1)C(=O)N[C@@H](CC(C)C)C(=O)[C@@]1(C)CO1. The van der Waals surface area contributed by atoms with Gasteiger partial charge in [0.15, 0.2) is 5.78 Å². The topological polar surface area (TPSA) is 158 Å². The van der Waals surface area contributed by atoms with E-state index in [-0.39, 0.29) is 36.5 Å². The van der Waals surface area contributed by atoms with Crippen molar-refractivity contribution in [2.24, 2.45) is 11.8 Å². The number of benzene rings is 2. The molecule has 2 aliphatic rings. The van der Waals surface area contributed by atoms with Crippen molar-refractivity contribution in [2.45, 2.75) is 96.5 Å². The molecule has 0 bridgehead atoms. The molecular weight excluding hydrogens is 662 g/mol. The Balaban J connectivity index is 1.51. The Kier molecular flexibility index (Phi) is 15.3. The van der Waals surface area contributed by atoms with E-state index in [0.717, 1.165) is 11.1 Å². The Labute approximate surface area is 308 Å². The molecule has 0 radical (unpaired) electrons. The number of ether oxygens (including phenoxy) is 2. The van der Waals surface area contributed by atoms with E-state index in [2.05, 4.69) is 21.3 Å². The number of aryl methyl sites for hydroxylation is 1. The van der Waals surface area contributed by atoms with Gasteiger partial charge in [0.2, 0.25) is 23.6 Å². The van der Waals surface area contributed by atoms with Gasteiger partial charge in [0.1, 0.15) is 23.7 Å². The summed E-state index contributed by atoms with van der Waals surface area (Å²) in [7, 11) is 0. The monoisotopic (exact) mass is 719 g/mol. The average molecular weight is 720 g/mol. The molecule has 0 spiro atoms. The van der Waals surface area contributed by atoms with Crippen LogP contribution in [0.25, 0.3) is 0 Å². The lowest BCUT2D eigenvalue weighted by atomic mass is 9.93. The van der Waals surface area contributed by atoms with Gasteiger partial charge in [0.25, 0.3) is 0 Å². The third-order valence-electron chi connectivity index (χ3n) is 9.38. The minimum atomic E-state index is -1.03. The number of hydrogen-bond donors (Lipinski definition) is 4. The van der Waals surface area contributed by atoms with Crippen molar-refractivity contribution in [1.29, 1.82) is 0 Å². The summed E-state index contributed by atoms with van der Waals surface area (Å²) in [5.41, 5.74) is 0.915. The first-order valence-corrected chi connectivity index (χ1v) is 18.6. The van der Waals surface area contributed by atoms with Crippen LogP contribution in [-0.4, -0.2) is 104 Å². The lowest BCUT2D eigenvalue weighted by molar-refractivity contribution is -0.135. The third-order valence-corrected chi connectivity index (χ3v) is 9.38. The zero-order valence-corrected chi connectivity index (χ0v) is 31.3. The summed E-state index contributed by atoms with van der Waals surface area (Å²) in [4.78, 5) is 70.5. The number of ketones is 1. The van der Waals surface area contributed by atoms with Crippen molar-refractivity contribution < 1.29 is 33.4 Å². The molecule has 2 fully saturated rings. The number of hydrogen-bond acceptors (Lipinski definition) is 8. The molecule has 4 N–H and O–H groups in total. The molecule has 2 aromatic carbocycles.